The van der Waals surface area contributed by atoms with Crippen LogP contribution in [0, 0.1) is 0 Å². The van der Waals surface area contributed by atoms with Crippen molar-refractivity contribution in [2.75, 3.05) is 13.2 Å². The average Bonchev–Trinajstić information content (AvgIpc) is 3.32. The maximum atomic E-state index is 6.16. The molecular weight excluding hydrogens is 252 g/mol. The molecule has 20 heavy (non-hydrogen) atoms. The smallest absolute Gasteiger partial charge is 0.162 e. The molecule has 0 amide bonds. The summed E-state index contributed by atoms with van der Waals surface area (Å²) in [7, 11) is 0. The molecule has 0 N–H and O–H groups in total. The van der Waals surface area contributed by atoms with Gasteiger partial charge in [0.15, 0.2) is 17.6 Å². The van der Waals surface area contributed by atoms with Crippen molar-refractivity contribution in [1.82, 2.24) is 0 Å². The highest BCUT2D eigenvalue weighted by molar-refractivity contribution is 5.40. The lowest BCUT2D eigenvalue weighted by Gasteiger charge is -2.19. The summed E-state index contributed by atoms with van der Waals surface area (Å²) in [5.74, 6) is 1.54. The Morgan fingerprint density at radius 2 is 1.70 bits per heavy atom. The summed E-state index contributed by atoms with van der Waals surface area (Å²) in [6.07, 6.45) is 0.0462. The third-order valence-electron chi connectivity index (χ3n) is 3.23. The fraction of sp³-hybridized carbons (Fsp3) is 0.294. The molecule has 1 fully saturated rings. The highest BCUT2D eigenvalue weighted by atomic mass is 16.6. The Kier molecular flexibility index (Phi) is 3.88. The van der Waals surface area contributed by atoms with Crippen molar-refractivity contribution in [3.05, 3.63) is 60.2 Å². The second-order valence-corrected chi connectivity index (χ2v) is 4.70. The van der Waals surface area contributed by atoms with Crippen molar-refractivity contribution in [3.63, 3.8) is 0 Å². The van der Waals surface area contributed by atoms with Gasteiger partial charge in [-0.2, -0.15) is 0 Å². The highest BCUT2D eigenvalue weighted by Crippen LogP contribution is 2.36. The maximum Gasteiger partial charge on any atom is 0.162 e. The number of epoxide rings is 1. The maximum absolute atomic E-state index is 6.16. The van der Waals surface area contributed by atoms with Gasteiger partial charge in [-0.1, -0.05) is 42.5 Å². The van der Waals surface area contributed by atoms with Crippen molar-refractivity contribution >= 4 is 0 Å². The predicted molar refractivity (Wildman–Crippen MR) is 77.2 cm³/mol. The van der Waals surface area contributed by atoms with Gasteiger partial charge >= 0.3 is 0 Å². The largest absolute Gasteiger partial charge is 0.490 e. The van der Waals surface area contributed by atoms with Gasteiger partial charge in [0, 0.05) is 0 Å². The van der Waals surface area contributed by atoms with E-state index in [1.54, 1.807) is 0 Å². The van der Waals surface area contributed by atoms with Crippen molar-refractivity contribution in [3.8, 4) is 11.5 Å². The Morgan fingerprint density at radius 1 is 1.05 bits per heavy atom. The van der Waals surface area contributed by atoms with E-state index < -0.39 is 0 Å². The van der Waals surface area contributed by atoms with Crippen LogP contribution in [0.3, 0.4) is 0 Å². The summed E-state index contributed by atoms with van der Waals surface area (Å²) in [4.78, 5) is 0. The van der Waals surface area contributed by atoms with E-state index in [1.165, 1.54) is 0 Å². The number of benzene rings is 2. The standard InChI is InChI=1S/C17H18O3/c1-2-18-14-10-6-7-11-15(14)20-17(16-12-19-16)13-8-4-3-5-9-13/h3-11,16-17H,2,12H2,1H3. The number of rotatable bonds is 6. The lowest BCUT2D eigenvalue weighted by Crippen LogP contribution is -2.14. The molecule has 1 heterocycles. The van der Waals surface area contributed by atoms with E-state index in [0.29, 0.717) is 6.61 Å². The molecule has 2 atom stereocenters. The average molecular weight is 270 g/mol. The summed E-state index contributed by atoms with van der Waals surface area (Å²) in [5.41, 5.74) is 1.13. The Labute approximate surface area is 119 Å². The minimum Gasteiger partial charge on any atom is -0.490 e. The monoisotopic (exact) mass is 270 g/mol. The lowest BCUT2D eigenvalue weighted by atomic mass is 10.1. The SMILES string of the molecule is CCOc1ccccc1OC(c1ccccc1)C1CO1. The molecule has 2 unspecified atom stereocenters. The Hall–Kier alpha value is -2.00. The van der Waals surface area contributed by atoms with Gasteiger partial charge < -0.3 is 14.2 Å². The van der Waals surface area contributed by atoms with Crippen molar-refractivity contribution < 1.29 is 14.2 Å². The molecule has 0 aromatic heterocycles. The summed E-state index contributed by atoms with van der Waals surface area (Å²) in [6.45, 7) is 3.34. The first-order valence-electron chi connectivity index (χ1n) is 6.93. The van der Waals surface area contributed by atoms with Crippen LogP contribution in [-0.4, -0.2) is 19.3 Å². The van der Waals surface area contributed by atoms with Crippen LogP contribution in [0.2, 0.25) is 0 Å². The fourth-order valence-electron chi connectivity index (χ4n) is 2.19. The minimum absolute atomic E-state index is 0.0854. The summed E-state index contributed by atoms with van der Waals surface area (Å²) in [5, 5.41) is 0. The van der Waals surface area contributed by atoms with Gasteiger partial charge in [0.1, 0.15) is 6.10 Å². The molecule has 1 saturated heterocycles. The van der Waals surface area contributed by atoms with Crippen LogP contribution in [-0.2, 0) is 4.74 Å². The van der Waals surface area contributed by atoms with E-state index >= 15 is 0 Å². The highest BCUT2D eigenvalue weighted by Gasteiger charge is 2.36. The van der Waals surface area contributed by atoms with Crippen molar-refractivity contribution in [1.29, 1.82) is 0 Å². The van der Waals surface area contributed by atoms with Crippen LogP contribution in [0.25, 0.3) is 0 Å². The molecule has 3 heteroatoms. The van der Waals surface area contributed by atoms with Gasteiger partial charge in [-0.15, -0.1) is 0 Å². The zero-order valence-electron chi connectivity index (χ0n) is 11.5. The predicted octanol–water partition coefficient (Wildman–Crippen LogP) is 3.60. The molecule has 1 aliphatic rings. The van der Waals surface area contributed by atoms with E-state index in [2.05, 4.69) is 12.1 Å². The molecule has 0 spiro atoms. The number of ether oxygens (including phenoxy) is 3. The van der Waals surface area contributed by atoms with Crippen molar-refractivity contribution in [2.45, 2.75) is 19.1 Å². The molecule has 3 rings (SSSR count). The zero-order valence-corrected chi connectivity index (χ0v) is 11.5. The summed E-state index contributed by atoms with van der Waals surface area (Å²) in [6, 6.07) is 17.9. The van der Waals surface area contributed by atoms with Crippen LogP contribution in [0.5, 0.6) is 11.5 Å². The molecule has 104 valence electrons. The molecule has 0 bridgehead atoms. The van der Waals surface area contributed by atoms with E-state index in [9.17, 15) is 0 Å². The van der Waals surface area contributed by atoms with Crippen molar-refractivity contribution in [2.24, 2.45) is 0 Å². The lowest BCUT2D eigenvalue weighted by molar-refractivity contribution is 0.154. The second kappa shape index (κ2) is 5.97. The second-order valence-electron chi connectivity index (χ2n) is 4.70. The Morgan fingerprint density at radius 3 is 2.35 bits per heavy atom. The quantitative estimate of drug-likeness (QED) is 0.751. The zero-order chi connectivity index (χ0) is 13.8. The summed E-state index contributed by atoms with van der Waals surface area (Å²) < 4.78 is 17.2. The van der Waals surface area contributed by atoms with Crippen LogP contribution in [0.15, 0.2) is 54.6 Å². The summed E-state index contributed by atoms with van der Waals surface area (Å²) >= 11 is 0. The first-order chi connectivity index (χ1) is 9.88. The molecule has 2 aromatic carbocycles. The van der Waals surface area contributed by atoms with Gasteiger partial charge in [0.05, 0.1) is 13.2 Å². The van der Waals surface area contributed by atoms with Crippen LogP contribution < -0.4 is 9.47 Å². The van der Waals surface area contributed by atoms with Gasteiger partial charge in [-0.05, 0) is 24.6 Å². The molecule has 0 saturated carbocycles. The first kappa shape index (κ1) is 13.0. The van der Waals surface area contributed by atoms with Gasteiger partial charge in [0.25, 0.3) is 0 Å². The van der Waals surface area contributed by atoms with Crippen LogP contribution in [0.1, 0.15) is 18.6 Å². The van der Waals surface area contributed by atoms with E-state index in [0.717, 1.165) is 23.7 Å². The fourth-order valence-corrected chi connectivity index (χ4v) is 2.19. The Bertz CT molecular complexity index is 549. The third kappa shape index (κ3) is 2.94. The molecule has 3 nitrogen and oxygen atoms in total. The molecular formula is C17H18O3. The molecule has 0 aliphatic carbocycles. The van der Waals surface area contributed by atoms with Gasteiger partial charge in [0.2, 0.25) is 0 Å². The number of hydrogen-bond donors (Lipinski definition) is 0. The molecule has 1 aliphatic heterocycles. The van der Waals surface area contributed by atoms with E-state index in [1.807, 2.05) is 49.4 Å². The van der Waals surface area contributed by atoms with E-state index in [-0.39, 0.29) is 12.2 Å². The number of hydrogen-bond acceptors (Lipinski definition) is 3. The topological polar surface area (TPSA) is 31.0 Å². The normalized spacial score (nSPS) is 18.4. The first-order valence-corrected chi connectivity index (χ1v) is 6.93. The Balaban J connectivity index is 1.84. The molecule has 0 radical (unpaired) electrons. The van der Waals surface area contributed by atoms with Gasteiger partial charge in [-0.3, -0.25) is 0 Å². The van der Waals surface area contributed by atoms with Crippen LogP contribution in [0.4, 0.5) is 0 Å². The number of para-hydroxylation sites is 2. The minimum atomic E-state index is -0.0854. The van der Waals surface area contributed by atoms with Gasteiger partial charge in [-0.25, -0.2) is 0 Å². The van der Waals surface area contributed by atoms with E-state index in [4.69, 9.17) is 14.2 Å². The molecule has 2 aromatic rings. The van der Waals surface area contributed by atoms with Crippen LogP contribution >= 0.6 is 0 Å². The third-order valence-corrected chi connectivity index (χ3v) is 3.23.